The molecule has 5 nitrogen and oxygen atoms in total. The van der Waals surface area contributed by atoms with Crippen LogP contribution < -0.4 is 5.32 Å². The van der Waals surface area contributed by atoms with Crippen molar-refractivity contribution in [3.8, 4) is 11.3 Å². The summed E-state index contributed by atoms with van der Waals surface area (Å²) in [5.74, 6) is 0.388. The van der Waals surface area contributed by atoms with Crippen LogP contribution in [0.4, 0.5) is 5.88 Å². The number of aryl methyl sites for hydroxylation is 2. The van der Waals surface area contributed by atoms with E-state index in [9.17, 15) is 4.79 Å². The van der Waals surface area contributed by atoms with Gasteiger partial charge in [-0.3, -0.25) is 15.1 Å². The standard InChI is InChI=1S/C24H23N3O2/c1-17-6-5-9-20(16-17)23-22(19-12-14-25-15-13-19)24(29-27-23)26-21(28)11-10-18-7-3-2-4-8-18/h2-9,12,14-16,19H,10-11,13H2,1H3,(H,26,28). The summed E-state index contributed by atoms with van der Waals surface area (Å²) >= 11 is 0. The number of aromatic nitrogens is 1. The molecule has 1 aliphatic heterocycles. The first-order valence-electron chi connectivity index (χ1n) is 9.79. The van der Waals surface area contributed by atoms with Gasteiger partial charge >= 0.3 is 0 Å². The fourth-order valence-electron chi connectivity index (χ4n) is 3.51. The zero-order valence-electron chi connectivity index (χ0n) is 16.3. The van der Waals surface area contributed by atoms with Gasteiger partial charge in [-0.25, -0.2) is 0 Å². The zero-order valence-corrected chi connectivity index (χ0v) is 16.3. The number of amides is 1. The normalized spacial score (nSPS) is 15.4. The van der Waals surface area contributed by atoms with Gasteiger partial charge in [-0.2, -0.15) is 0 Å². The topological polar surface area (TPSA) is 67.5 Å². The van der Waals surface area contributed by atoms with Crippen LogP contribution in [0.1, 0.15) is 35.4 Å². The highest BCUT2D eigenvalue weighted by Crippen LogP contribution is 2.38. The van der Waals surface area contributed by atoms with Gasteiger partial charge in [0.1, 0.15) is 5.69 Å². The third kappa shape index (κ3) is 4.51. The van der Waals surface area contributed by atoms with Crippen LogP contribution in [-0.4, -0.2) is 17.3 Å². The first-order valence-corrected chi connectivity index (χ1v) is 9.79. The smallest absolute Gasteiger partial charge is 0.235 e. The molecule has 4 rings (SSSR count). The largest absolute Gasteiger partial charge is 0.337 e. The summed E-state index contributed by atoms with van der Waals surface area (Å²) in [6.07, 6.45) is 7.47. The van der Waals surface area contributed by atoms with Crippen LogP contribution in [0.3, 0.4) is 0 Å². The number of aliphatic imine (C=N–C) groups is 1. The summed E-state index contributed by atoms with van der Waals surface area (Å²) in [7, 11) is 0. The number of carbonyl (C=O) groups is 1. The van der Waals surface area contributed by atoms with Crippen LogP contribution in [0.25, 0.3) is 11.3 Å². The molecule has 29 heavy (non-hydrogen) atoms. The van der Waals surface area contributed by atoms with Gasteiger partial charge in [-0.1, -0.05) is 65.3 Å². The van der Waals surface area contributed by atoms with Gasteiger partial charge in [0, 0.05) is 30.3 Å². The number of carbonyl (C=O) groups excluding carboxylic acids is 1. The van der Waals surface area contributed by atoms with Gasteiger partial charge in [-0.05, 0) is 31.4 Å². The summed E-state index contributed by atoms with van der Waals surface area (Å²) in [6, 6.07) is 18.1. The Labute approximate surface area is 170 Å². The van der Waals surface area contributed by atoms with E-state index >= 15 is 0 Å². The summed E-state index contributed by atoms with van der Waals surface area (Å²) in [6.45, 7) is 2.04. The van der Waals surface area contributed by atoms with Crippen LogP contribution in [-0.2, 0) is 11.2 Å². The van der Waals surface area contributed by atoms with Crippen LogP contribution >= 0.6 is 0 Å². The van der Waals surface area contributed by atoms with E-state index in [1.807, 2.05) is 67.7 Å². The van der Waals surface area contributed by atoms with Gasteiger partial charge < -0.3 is 4.52 Å². The number of hydrogen-bond donors (Lipinski definition) is 1. The van der Waals surface area contributed by atoms with E-state index < -0.39 is 0 Å². The number of allylic oxidation sites excluding steroid dienone is 1. The molecule has 1 aliphatic rings. The van der Waals surface area contributed by atoms with Crippen molar-refractivity contribution in [1.82, 2.24) is 5.16 Å². The lowest BCUT2D eigenvalue weighted by Crippen LogP contribution is -2.14. The Morgan fingerprint density at radius 1 is 1.17 bits per heavy atom. The van der Waals surface area contributed by atoms with E-state index in [1.54, 1.807) is 6.20 Å². The Morgan fingerprint density at radius 3 is 2.79 bits per heavy atom. The molecule has 0 radical (unpaired) electrons. The van der Waals surface area contributed by atoms with Gasteiger partial charge in [-0.15, -0.1) is 0 Å². The van der Waals surface area contributed by atoms with E-state index in [4.69, 9.17) is 4.52 Å². The molecule has 3 aromatic rings. The van der Waals surface area contributed by atoms with E-state index in [0.29, 0.717) is 18.7 Å². The van der Waals surface area contributed by atoms with Crippen LogP contribution in [0.2, 0.25) is 0 Å². The van der Waals surface area contributed by atoms with Gasteiger partial charge in [0.05, 0.1) is 5.56 Å². The fourth-order valence-corrected chi connectivity index (χ4v) is 3.51. The highest BCUT2D eigenvalue weighted by molar-refractivity contribution is 5.91. The molecule has 1 amide bonds. The molecule has 5 heteroatoms. The Morgan fingerprint density at radius 2 is 2.03 bits per heavy atom. The molecule has 2 aromatic carbocycles. The molecule has 1 atom stereocenters. The summed E-state index contributed by atoms with van der Waals surface area (Å²) in [4.78, 5) is 16.7. The quantitative estimate of drug-likeness (QED) is 0.627. The van der Waals surface area contributed by atoms with Crippen molar-refractivity contribution < 1.29 is 9.32 Å². The van der Waals surface area contributed by atoms with E-state index in [0.717, 1.165) is 34.4 Å². The number of anilines is 1. The highest BCUT2D eigenvalue weighted by atomic mass is 16.5. The lowest BCUT2D eigenvalue weighted by Gasteiger charge is -2.14. The summed E-state index contributed by atoms with van der Waals surface area (Å²) in [5, 5.41) is 7.24. The fraction of sp³-hybridized carbons (Fsp3) is 0.208. The molecule has 1 aromatic heterocycles. The predicted octanol–water partition coefficient (Wildman–Crippen LogP) is 5.29. The second kappa shape index (κ2) is 8.69. The van der Waals surface area contributed by atoms with E-state index in [2.05, 4.69) is 21.5 Å². The lowest BCUT2D eigenvalue weighted by molar-refractivity contribution is -0.116. The van der Waals surface area contributed by atoms with Crippen molar-refractivity contribution in [2.24, 2.45) is 4.99 Å². The van der Waals surface area contributed by atoms with Crippen molar-refractivity contribution in [3.63, 3.8) is 0 Å². The van der Waals surface area contributed by atoms with Crippen LogP contribution in [0, 0.1) is 6.92 Å². The Bertz CT molecular complexity index is 1050. The van der Waals surface area contributed by atoms with Crippen LogP contribution in [0.15, 0.2) is 76.4 Å². The molecule has 0 saturated carbocycles. The second-order valence-corrected chi connectivity index (χ2v) is 7.19. The maximum Gasteiger partial charge on any atom is 0.235 e. The van der Waals surface area contributed by atoms with Gasteiger partial charge in [0.25, 0.3) is 0 Å². The minimum absolute atomic E-state index is 0.0543. The first kappa shape index (κ1) is 18.9. The van der Waals surface area contributed by atoms with Crippen molar-refractivity contribution in [1.29, 1.82) is 0 Å². The average molecular weight is 385 g/mol. The minimum atomic E-state index is -0.0875. The molecule has 0 spiro atoms. The number of rotatable bonds is 6. The zero-order chi connectivity index (χ0) is 20.1. The molecule has 146 valence electrons. The summed E-state index contributed by atoms with van der Waals surface area (Å²) < 4.78 is 5.61. The maximum atomic E-state index is 12.6. The average Bonchev–Trinajstić information content (AvgIpc) is 3.17. The van der Waals surface area contributed by atoms with E-state index in [-0.39, 0.29) is 11.8 Å². The van der Waals surface area contributed by atoms with Crippen LogP contribution in [0.5, 0.6) is 0 Å². The second-order valence-electron chi connectivity index (χ2n) is 7.19. The highest BCUT2D eigenvalue weighted by Gasteiger charge is 2.25. The molecule has 2 heterocycles. The van der Waals surface area contributed by atoms with Gasteiger partial charge in [0.15, 0.2) is 0 Å². The van der Waals surface area contributed by atoms with Crippen molar-refractivity contribution in [2.45, 2.75) is 32.1 Å². The maximum absolute atomic E-state index is 12.6. The molecule has 0 aliphatic carbocycles. The third-order valence-electron chi connectivity index (χ3n) is 5.00. The number of hydrogen-bond acceptors (Lipinski definition) is 4. The molecule has 0 bridgehead atoms. The Hall–Kier alpha value is -3.47. The summed E-state index contributed by atoms with van der Waals surface area (Å²) in [5.41, 5.74) is 4.91. The number of benzene rings is 2. The number of nitrogens with one attached hydrogen (secondary N) is 1. The monoisotopic (exact) mass is 385 g/mol. The molecular formula is C24H23N3O2. The third-order valence-corrected chi connectivity index (χ3v) is 5.00. The first-order chi connectivity index (χ1) is 14.2. The van der Waals surface area contributed by atoms with Gasteiger partial charge in [0.2, 0.25) is 11.8 Å². The Kier molecular flexibility index (Phi) is 5.66. The van der Waals surface area contributed by atoms with Crippen molar-refractivity contribution >= 4 is 18.0 Å². The Balaban J connectivity index is 1.58. The molecule has 1 N–H and O–H groups in total. The SMILES string of the molecule is Cc1cccc(-c2noc(NC(=O)CCc3ccccc3)c2C2C=CN=CC2)c1. The lowest BCUT2D eigenvalue weighted by atomic mass is 9.92. The molecule has 0 fully saturated rings. The molecule has 1 unspecified atom stereocenters. The molecule has 0 saturated heterocycles. The van der Waals surface area contributed by atoms with Crippen molar-refractivity contribution in [3.05, 3.63) is 83.6 Å². The van der Waals surface area contributed by atoms with E-state index in [1.165, 1.54) is 0 Å². The molecular weight excluding hydrogens is 362 g/mol. The number of nitrogens with zero attached hydrogens (tertiary/aromatic N) is 2. The minimum Gasteiger partial charge on any atom is -0.337 e. The predicted molar refractivity (Wildman–Crippen MR) is 115 cm³/mol. The van der Waals surface area contributed by atoms with Crippen molar-refractivity contribution in [2.75, 3.05) is 5.32 Å².